The molecule has 0 spiro atoms. The largest absolute Gasteiger partial charge is 0.338 e. The summed E-state index contributed by atoms with van der Waals surface area (Å²) in [5.74, 6) is 1.06. The van der Waals surface area contributed by atoms with Crippen LogP contribution in [0.25, 0.3) is 0 Å². The van der Waals surface area contributed by atoms with Crippen LogP contribution in [0.4, 0.5) is 0 Å². The van der Waals surface area contributed by atoms with Gasteiger partial charge in [0.1, 0.15) is 0 Å². The lowest BCUT2D eigenvalue weighted by Crippen LogP contribution is -2.33. The summed E-state index contributed by atoms with van der Waals surface area (Å²) in [5, 5.41) is 0.494. The van der Waals surface area contributed by atoms with Crippen molar-refractivity contribution in [3.63, 3.8) is 0 Å². The summed E-state index contributed by atoms with van der Waals surface area (Å²) in [7, 11) is 0. The Bertz CT molecular complexity index is 526. The minimum Gasteiger partial charge on any atom is -0.338 e. The highest BCUT2D eigenvalue weighted by Gasteiger charge is 2.42. The van der Waals surface area contributed by atoms with E-state index in [0.717, 1.165) is 30.4 Å². The Morgan fingerprint density at radius 3 is 2.80 bits per heavy atom. The number of benzene rings is 1. The zero-order valence-electron chi connectivity index (χ0n) is 10.9. The first-order valence-corrected chi connectivity index (χ1v) is 7.74. The third-order valence-electron chi connectivity index (χ3n) is 4.38. The number of rotatable bonds is 1. The molecule has 2 fully saturated rings. The molecule has 6 heteroatoms. The van der Waals surface area contributed by atoms with Gasteiger partial charge in [-0.05, 0) is 52.7 Å². The van der Waals surface area contributed by atoms with Crippen LogP contribution < -0.4 is 5.73 Å². The summed E-state index contributed by atoms with van der Waals surface area (Å²) < 4.78 is 0.760. The summed E-state index contributed by atoms with van der Waals surface area (Å²) in [6.07, 6.45) is 2.23. The Morgan fingerprint density at radius 2 is 2.10 bits per heavy atom. The Labute approximate surface area is 138 Å². The molecule has 1 saturated heterocycles. The number of hydrogen-bond donors (Lipinski definition) is 1. The van der Waals surface area contributed by atoms with Gasteiger partial charge in [-0.3, -0.25) is 4.79 Å². The minimum atomic E-state index is 0. The lowest BCUT2D eigenvalue weighted by atomic mass is 9.98. The maximum Gasteiger partial charge on any atom is 0.255 e. The predicted molar refractivity (Wildman–Crippen MR) is 86.5 cm³/mol. The molecule has 1 aromatic rings. The third kappa shape index (κ3) is 2.71. The topological polar surface area (TPSA) is 46.3 Å². The number of nitrogens with zero attached hydrogens (tertiary/aromatic N) is 1. The van der Waals surface area contributed by atoms with Gasteiger partial charge >= 0.3 is 0 Å². The third-order valence-corrected chi connectivity index (χ3v) is 5.68. The van der Waals surface area contributed by atoms with E-state index in [-0.39, 0.29) is 24.4 Å². The quantitative estimate of drug-likeness (QED) is 0.813. The van der Waals surface area contributed by atoms with E-state index in [9.17, 15) is 4.79 Å². The van der Waals surface area contributed by atoms with Crippen molar-refractivity contribution in [2.45, 2.75) is 18.9 Å². The maximum absolute atomic E-state index is 12.5. The highest BCUT2D eigenvalue weighted by molar-refractivity contribution is 9.10. The normalized spacial score (nSPS) is 28.1. The molecule has 3 unspecified atom stereocenters. The van der Waals surface area contributed by atoms with Crippen molar-refractivity contribution in [3.8, 4) is 0 Å². The fourth-order valence-electron chi connectivity index (χ4n) is 3.31. The molecule has 3 nitrogen and oxygen atoms in total. The van der Waals surface area contributed by atoms with Crippen molar-refractivity contribution in [2.75, 3.05) is 13.1 Å². The molecule has 20 heavy (non-hydrogen) atoms. The fraction of sp³-hybridized carbons (Fsp3) is 0.500. The van der Waals surface area contributed by atoms with Crippen LogP contribution in [0.3, 0.4) is 0 Å². The van der Waals surface area contributed by atoms with Crippen LogP contribution >= 0.6 is 39.9 Å². The predicted octanol–water partition coefficient (Wildman–Crippen LogP) is 3.33. The molecule has 0 radical (unpaired) electrons. The van der Waals surface area contributed by atoms with Crippen LogP contribution in [-0.4, -0.2) is 29.9 Å². The molecule has 1 aliphatic carbocycles. The number of carbonyl (C=O) groups excluding carboxylic acids is 1. The van der Waals surface area contributed by atoms with Crippen molar-refractivity contribution >= 4 is 45.8 Å². The Morgan fingerprint density at radius 1 is 1.35 bits per heavy atom. The molecule has 1 aliphatic heterocycles. The van der Waals surface area contributed by atoms with Crippen molar-refractivity contribution < 1.29 is 4.79 Å². The lowest BCUT2D eigenvalue weighted by Gasteiger charge is -2.19. The Kier molecular flexibility index (Phi) is 5.00. The van der Waals surface area contributed by atoms with Gasteiger partial charge in [0, 0.05) is 23.6 Å². The fourth-order valence-corrected chi connectivity index (χ4v) is 3.89. The first kappa shape index (κ1) is 16.1. The van der Waals surface area contributed by atoms with E-state index in [1.807, 2.05) is 17.0 Å². The van der Waals surface area contributed by atoms with Gasteiger partial charge in [-0.2, -0.15) is 0 Å². The Balaban J connectivity index is 0.00000147. The van der Waals surface area contributed by atoms with E-state index in [1.165, 1.54) is 0 Å². The van der Waals surface area contributed by atoms with Crippen LogP contribution in [0.15, 0.2) is 22.7 Å². The van der Waals surface area contributed by atoms with E-state index in [0.29, 0.717) is 22.4 Å². The highest BCUT2D eigenvalue weighted by Crippen LogP contribution is 2.38. The SMILES string of the molecule is Cl.NC1CCC2CN(C(=O)c3cccc(Br)c3Cl)CC12. The molecule has 2 aliphatic rings. The van der Waals surface area contributed by atoms with Crippen LogP contribution in [-0.2, 0) is 0 Å². The average Bonchev–Trinajstić information content (AvgIpc) is 2.95. The Hall–Kier alpha value is -0.290. The van der Waals surface area contributed by atoms with Gasteiger partial charge in [0.15, 0.2) is 0 Å². The van der Waals surface area contributed by atoms with Crippen LogP contribution in [0.2, 0.25) is 5.02 Å². The van der Waals surface area contributed by atoms with E-state index >= 15 is 0 Å². The highest BCUT2D eigenvalue weighted by atomic mass is 79.9. The van der Waals surface area contributed by atoms with Crippen molar-refractivity contribution in [3.05, 3.63) is 33.3 Å². The van der Waals surface area contributed by atoms with Gasteiger partial charge in [0.2, 0.25) is 0 Å². The zero-order chi connectivity index (χ0) is 13.6. The van der Waals surface area contributed by atoms with Gasteiger partial charge in [0.25, 0.3) is 5.91 Å². The molecule has 1 aromatic carbocycles. The zero-order valence-corrected chi connectivity index (χ0v) is 14.0. The molecule has 1 heterocycles. The van der Waals surface area contributed by atoms with Gasteiger partial charge in [-0.15, -0.1) is 12.4 Å². The minimum absolute atomic E-state index is 0. The summed E-state index contributed by atoms with van der Waals surface area (Å²) in [6, 6.07) is 5.71. The first-order valence-electron chi connectivity index (χ1n) is 6.57. The summed E-state index contributed by atoms with van der Waals surface area (Å²) in [6.45, 7) is 1.59. The van der Waals surface area contributed by atoms with Crippen LogP contribution in [0.1, 0.15) is 23.2 Å². The second-order valence-electron chi connectivity index (χ2n) is 5.48. The molecular formula is C14H17BrCl2N2O. The van der Waals surface area contributed by atoms with Gasteiger partial charge in [-0.25, -0.2) is 0 Å². The molecule has 1 amide bonds. The maximum atomic E-state index is 12.5. The average molecular weight is 380 g/mol. The monoisotopic (exact) mass is 378 g/mol. The lowest BCUT2D eigenvalue weighted by molar-refractivity contribution is 0.0779. The molecule has 3 rings (SSSR count). The number of hydrogen-bond acceptors (Lipinski definition) is 2. The number of fused-ring (bicyclic) bond motifs is 1. The number of amides is 1. The van der Waals surface area contributed by atoms with Gasteiger partial charge in [0.05, 0.1) is 10.6 Å². The number of carbonyl (C=O) groups is 1. The second-order valence-corrected chi connectivity index (χ2v) is 6.71. The van der Waals surface area contributed by atoms with Gasteiger partial charge in [-0.1, -0.05) is 17.7 Å². The molecule has 0 bridgehead atoms. The standard InChI is InChI=1S/C14H16BrClN2O.ClH/c15-11-3-1-2-9(13(11)16)14(19)18-6-8-4-5-12(17)10(8)7-18;/h1-3,8,10,12H,4-7,17H2;1H. The second kappa shape index (κ2) is 6.22. The van der Waals surface area contributed by atoms with E-state index in [4.69, 9.17) is 17.3 Å². The first-order chi connectivity index (χ1) is 9.08. The van der Waals surface area contributed by atoms with Crippen molar-refractivity contribution in [1.82, 2.24) is 4.90 Å². The summed E-state index contributed by atoms with van der Waals surface area (Å²) >= 11 is 9.56. The summed E-state index contributed by atoms with van der Waals surface area (Å²) in [4.78, 5) is 14.4. The van der Waals surface area contributed by atoms with Crippen LogP contribution in [0, 0.1) is 11.8 Å². The molecule has 110 valence electrons. The molecule has 0 aromatic heterocycles. The molecule has 2 N–H and O–H groups in total. The van der Waals surface area contributed by atoms with Crippen molar-refractivity contribution in [1.29, 1.82) is 0 Å². The van der Waals surface area contributed by atoms with Crippen LogP contribution in [0.5, 0.6) is 0 Å². The molecular weight excluding hydrogens is 363 g/mol. The smallest absolute Gasteiger partial charge is 0.255 e. The van der Waals surface area contributed by atoms with Gasteiger partial charge < -0.3 is 10.6 Å². The van der Waals surface area contributed by atoms with E-state index in [1.54, 1.807) is 6.07 Å². The number of halogens is 3. The molecule has 3 atom stereocenters. The van der Waals surface area contributed by atoms with Crippen molar-refractivity contribution in [2.24, 2.45) is 17.6 Å². The number of likely N-dealkylation sites (tertiary alicyclic amines) is 1. The number of nitrogens with two attached hydrogens (primary N) is 1. The summed E-state index contributed by atoms with van der Waals surface area (Å²) in [5.41, 5.74) is 6.68. The molecule has 1 saturated carbocycles. The van der Waals surface area contributed by atoms with E-state index < -0.39 is 0 Å². The van der Waals surface area contributed by atoms with E-state index in [2.05, 4.69) is 15.9 Å².